The molecule has 2 amide bonds. The van der Waals surface area contributed by atoms with E-state index in [-0.39, 0.29) is 51.0 Å². The van der Waals surface area contributed by atoms with E-state index >= 15 is 0 Å². The number of ether oxygens (including phenoxy) is 2. The van der Waals surface area contributed by atoms with E-state index in [0.717, 1.165) is 64.2 Å². The molecule has 0 bridgehead atoms. The molecule has 0 aromatic carbocycles. The highest BCUT2D eigenvalue weighted by Crippen LogP contribution is 2.77. The third-order valence-corrected chi connectivity index (χ3v) is 16.6. The van der Waals surface area contributed by atoms with Crippen LogP contribution < -0.4 is 10.6 Å². The number of unbranched alkanes of at least 4 members (excludes halogenated alkanes) is 4. The molecule has 3 N–H and O–H groups in total. The topological polar surface area (TPSA) is 131 Å². The number of allylic oxidation sites excluding steroid dienone is 1. The van der Waals surface area contributed by atoms with E-state index in [0.29, 0.717) is 49.0 Å². The summed E-state index contributed by atoms with van der Waals surface area (Å²) in [6.45, 7) is 21.0. The molecule has 9 heteroatoms. The largest absolute Gasteiger partial charge is 0.467 e. The lowest BCUT2D eigenvalue weighted by molar-refractivity contribution is -0.248. The highest BCUT2D eigenvalue weighted by molar-refractivity contribution is 5.84. The second kappa shape index (κ2) is 16.0. The van der Waals surface area contributed by atoms with Gasteiger partial charge in [0.25, 0.3) is 0 Å². The summed E-state index contributed by atoms with van der Waals surface area (Å²) in [5, 5.41) is 15.3. The molecule has 0 aromatic rings. The molecule has 5 rings (SSSR count). The third-order valence-electron chi connectivity index (χ3n) is 16.6. The smallest absolute Gasteiger partial charge is 0.330 e. The molecule has 0 heterocycles. The van der Waals surface area contributed by atoms with Crippen LogP contribution in [0.4, 0.5) is 0 Å². The summed E-state index contributed by atoms with van der Waals surface area (Å²) in [4.78, 5) is 50.3. The van der Waals surface area contributed by atoms with E-state index in [1.54, 1.807) is 6.92 Å². The average molecular weight is 741 g/mol. The molecule has 11 atom stereocenters. The molecule has 0 spiro atoms. The van der Waals surface area contributed by atoms with Gasteiger partial charge in [-0.1, -0.05) is 66.0 Å². The van der Waals surface area contributed by atoms with Crippen molar-refractivity contribution in [2.75, 3.05) is 20.3 Å². The molecule has 5 saturated carbocycles. The van der Waals surface area contributed by atoms with E-state index in [9.17, 15) is 24.3 Å². The van der Waals surface area contributed by atoms with Gasteiger partial charge in [0.05, 0.1) is 19.1 Å². The summed E-state index contributed by atoms with van der Waals surface area (Å²) in [6.07, 6.45) is 15.6. The van der Waals surface area contributed by atoms with Crippen LogP contribution in [0, 0.1) is 56.7 Å². The first-order valence-corrected chi connectivity index (χ1v) is 21.0. The molecule has 0 unspecified atom stereocenters. The standard InChI is InChI=1S/C44H72N2O7/c1-28(2)30-18-23-44(39(51)45-26-14-12-10-11-13-15-36(49)46-32(27-47)38(50)52-9)25-24-42(7)31(37(30)44)16-17-34-41(6)21-20-35(53-29(3)48)40(4,5)33(41)19-22-43(34,42)8/h30-35,37,47H,1,10-27H2,2-9H3,(H,45,51)(H,46,49)/t30-,31+,32-,33-,34+,35-,37+,41-,42+,43+,44-/m0/s1. The molecule has 0 aromatic heterocycles. The van der Waals surface area contributed by atoms with Crippen molar-refractivity contribution in [1.29, 1.82) is 0 Å². The van der Waals surface area contributed by atoms with Crippen LogP contribution in [0.3, 0.4) is 0 Å². The van der Waals surface area contributed by atoms with Gasteiger partial charge in [-0.25, -0.2) is 4.79 Å². The van der Waals surface area contributed by atoms with Gasteiger partial charge >= 0.3 is 11.9 Å². The number of methoxy groups -OCH3 is 1. The van der Waals surface area contributed by atoms with Gasteiger partial charge in [0, 0.05) is 25.3 Å². The Morgan fingerprint density at radius 1 is 0.811 bits per heavy atom. The predicted octanol–water partition coefficient (Wildman–Crippen LogP) is 7.68. The summed E-state index contributed by atoms with van der Waals surface area (Å²) in [5.41, 5.74) is 1.42. The van der Waals surface area contributed by atoms with Crippen LogP contribution in [-0.4, -0.2) is 61.3 Å². The van der Waals surface area contributed by atoms with Crippen LogP contribution in [0.2, 0.25) is 0 Å². The summed E-state index contributed by atoms with van der Waals surface area (Å²) >= 11 is 0. The fourth-order valence-electron chi connectivity index (χ4n) is 13.8. The van der Waals surface area contributed by atoms with E-state index in [4.69, 9.17) is 4.74 Å². The number of nitrogens with one attached hydrogen (secondary N) is 2. The van der Waals surface area contributed by atoms with Gasteiger partial charge in [-0.3, -0.25) is 14.4 Å². The number of hydrogen-bond acceptors (Lipinski definition) is 7. The lowest BCUT2D eigenvalue weighted by Crippen LogP contribution is -2.67. The van der Waals surface area contributed by atoms with Gasteiger partial charge in [-0.05, 0) is 130 Å². The Balaban J connectivity index is 1.21. The Morgan fingerprint density at radius 3 is 2.17 bits per heavy atom. The molecule has 0 aliphatic heterocycles. The lowest BCUT2D eigenvalue weighted by atomic mass is 9.32. The Kier molecular flexibility index (Phi) is 12.6. The second-order valence-electron chi connectivity index (χ2n) is 19.4. The minimum absolute atomic E-state index is 0.0159. The minimum atomic E-state index is -1.02. The number of aliphatic hydroxyl groups is 1. The van der Waals surface area contributed by atoms with Crippen LogP contribution in [0.25, 0.3) is 0 Å². The fourth-order valence-corrected chi connectivity index (χ4v) is 13.8. The molecule has 0 saturated heterocycles. The van der Waals surface area contributed by atoms with Crippen LogP contribution in [-0.2, 0) is 28.7 Å². The number of carbonyl (C=O) groups excluding carboxylic acids is 4. The van der Waals surface area contributed by atoms with Crippen LogP contribution >= 0.6 is 0 Å². The number of aliphatic hydroxyl groups excluding tert-OH is 1. The maximum absolute atomic E-state index is 14.4. The van der Waals surface area contributed by atoms with Gasteiger partial charge in [0.2, 0.25) is 11.8 Å². The van der Waals surface area contributed by atoms with Gasteiger partial charge in [-0.15, -0.1) is 0 Å². The van der Waals surface area contributed by atoms with Crippen molar-refractivity contribution in [3.8, 4) is 0 Å². The van der Waals surface area contributed by atoms with Gasteiger partial charge in [0.1, 0.15) is 6.10 Å². The number of fused-ring (bicyclic) bond motifs is 7. The molecular weight excluding hydrogens is 668 g/mol. The molecule has 5 aliphatic carbocycles. The zero-order valence-corrected chi connectivity index (χ0v) is 34.4. The van der Waals surface area contributed by atoms with Crippen molar-refractivity contribution < 1.29 is 33.8 Å². The maximum atomic E-state index is 14.4. The second-order valence-corrected chi connectivity index (χ2v) is 19.4. The van der Waals surface area contributed by atoms with Crippen molar-refractivity contribution in [2.24, 2.45) is 56.7 Å². The zero-order chi connectivity index (χ0) is 39.0. The first-order chi connectivity index (χ1) is 24.9. The summed E-state index contributed by atoms with van der Waals surface area (Å²) in [7, 11) is 1.23. The van der Waals surface area contributed by atoms with Crippen molar-refractivity contribution in [3.63, 3.8) is 0 Å². The highest BCUT2D eigenvalue weighted by atomic mass is 16.5. The lowest BCUT2D eigenvalue weighted by Gasteiger charge is -2.72. The molecular formula is C44H72N2O7. The van der Waals surface area contributed by atoms with Gasteiger partial charge in [0.15, 0.2) is 6.04 Å². The first kappa shape index (κ1) is 41.7. The number of carbonyl (C=O) groups is 4. The molecule has 5 fully saturated rings. The van der Waals surface area contributed by atoms with E-state index in [1.165, 1.54) is 38.4 Å². The van der Waals surface area contributed by atoms with Crippen molar-refractivity contribution in [3.05, 3.63) is 12.2 Å². The number of amides is 2. The number of rotatable bonds is 14. The summed E-state index contributed by atoms with van der Waals surface area (Å²) in [5.74, 6) is 1.53. The molecule has 300 valence electrons. The molecule has 0 radical (unpaired) electrons. The van der Waals surface area contributed by atoms with Crippen molar-refractivity contribution in [2.45, 2.75) is 163 Å². The van der Waals surface area contributed by atoms with E-state index in [2.05, 4.69) is 63.5 Å². The quantitative estimate of drug-likeness (QED) is 0.0946. The Bertz CT molecular complexity index is 1400. The monoisotopic (exact) mass is 741 g/mol. The van der Waals surface area contributed by atoms with E-state index in [1.807, 2.05) is 0 Å². The highest BCUT2D eigenvalue weighted by Gasteiger charge is 2.72. The predicted molar refractivity (Wildman–Crippen MR) is 206 cm³/mol. The van der Waals surface area contributed by atoms with Crippen molar-refractivity contribution in [1.82, 2.24) is 10.6 Å². The normalized spacial score (nSPS) is 38.9. The van der Waals surface area contributed by atoms with Gasteiger partial charge < -0.3 is 25.2 Å². The fraction of sp³-hybridized carbons (Fsp3) is 0.864. The molecule has 53 heavy (non-hydrogen) atoms. The summed E-state index contributed by atoms with van der Waals surface area (Å²) < 4.78 is 10.6. The zero-order valence-electron chi connectivity index (χ0n) is 34.4. The Labute approximate surface area is 319 Å². The van der Waals surface area contributed by atoms with Crippen molar-refractivity contribution >= 4 is 23.8 Å². The number of hydrogen-bond donors (Lipinski definition) is 3. The number of esters is 2. The van der Waals surface area contributed by atoms with Crippen LogP contribution in [0.15, 0.2) is 12.2 Å². The SMILES string of the molecule is C=C(C)[C@@H]1CC[C@]2(C(=O)NCCCCCCCC(=O)N[C@@H](CO)C(=O)OC)CC[C@]3(C)[C@H](CC[C@@H]4[C@@]5(C)CC[C@H](OC(C)=O)C(C)(C)[C@@H]5CC[C@]43C)[C@@H]12. The maximum Gasteiger partial charge on any atom is 0.330 e. The van der Waals surface area contributed by atoms with Crippen LogP contribution in [0.5, 0.6) is 0 Å². The summed E-state index contributed by atoms with van der Waals surface area (Å²) in [6, 6.07) is -1.02. The van der Waals surface area contributed by atoms with Gasteiger partial charge in [-0.2, -0.15) is 0 Å². The Hall–Kier alpha value is -2.42. The Morgan fingerprint density at radius 2 is 1.51 bits per heavy atom. The average Bonchev–Trinajstić information content (AvgIpc) is 3.51. The molecule has 9 nitrogen and oxygen atoms in total. The van der Waals surface area contributed by atoms with Crippen LogP contribution in [0.1, 0.15) is 151 Å². The molecule has 5 aliphatic rings. The first-order valence-electron chi connectivity index (χ1n) is 21.0. The minimum Gasteiger partial charge on any atom is -0.467 e. The third kappa shape index (κ3) is 7.35. The van der Waals surface area contributed by atoms with E-state index < -0.39 is 18.6 Å².